The van der Waals surface area contributed by atoms with Gasteiger partial charge in [0, 0.05) is 17.2 Å². The molecule has 0 bridgehead atoms. The first kappa shape index (κ1) is 13.5. The Labute approximate surface area is 122 Å². The Morgan fingerprint density at radius 1 is 1.42 bits per heavy atom. The number of nitrogens with two attached hydrogens (primary N) is 1. The van der Waals surface area contributed by atoms with E-state index in [0.29, 0.717) is 6.54 Å². The third-order valence-corrected chi connectivity index (χ3v) is 6.43. The molecule has 1 saturated carbocycles. The second-order valence-electron chi connectivity index (χ2n) is 5.51. The number of hydrogen-bond acceptors (Lipinski definition) is 4. The first-order chi connectivity index (χ1) is 9.22. The molecule has 1 amide bonds. The Morgan fingerprint density at radius 3 is 2.89 bits per heavy atom. The Morgan fingerprint density at radius 2 is 2.21 bits per heavy atom. The van der Waals surface area contributed by atoms with Crippen LogP contribution in [0.2, 0.25) is 0 Å². The standard InChI is InChI=1S/C14H20N2OS2/c15-9-14(4-1-2-5-14)16-13(17)12-7-10-8-18-6-3-11(10)19-12/h7H,1-6,8-9,15H2,(H,16,17). The number of aryl methyl sites for hydroxylation is 1. The molecule has 0 unspecified atom stereocenters. The van der Waals surface area contributed by atoms with Gasteiger partial charge in [0.1, 0.15) is 0 Å². The van der Waals surface area contributed by atoms with Crippen LogP contribution in [-0.4, -0.2) is 23.7 Å². The minimum atomic E-state index is -0.143. The molecule has 1 aliphatic heterocycles. The van der Waals surface area contributed by atoms with Crippen molar-refractivity contribution in [2.24, 2.45) is 5.73 Å². The number of nitrogens with one attached hydrogen (secondary N) is 1. The molecule has 3 nitrogen and oxygen atoms in total. The Bertz CT molecular complexity index is 454. The molecule has 2 heterocycles. The summed E-state index contributed by atoms with van der Waals surface area (Å²) in [7, 11) is 0. The van der Waals surface area contributed by atoms with E-state index in [1.807, 2.05) is 11.8 Å². The minimum absolute atomic E-state index is 0.0803. The number of thioether (sulfide) groups is 1. The van der Waals surface area contributed by atoms with Gasteiger partial charge in [-0.05, 0) is 36.6 Å². The normalized spacial score (nSPS) is 21.1. The van der Waals surface area contributed by atoms with E-state index in [2.05, 4.69) is 11.4 Å². The predicted octanol–water partition coefficient (Wildman–Crippen LogP) is 2.54. The highest BCUT2D eigenvalue weighted by atomic mass is 32.2. The maximum absolute atomic E-state index is 12.4. The molecule has 0 atom stereocenters. The van der Waals surface area contributed by atoms with Crippen molar-refractivity contribution in [3.05, 3.63) is 21.4 Å². The molecular weight excluding hydrogens is 276 g/mol. The molecule has 0 radical (unpaired) electrons. The number of carbonyl (C=O) groups excluding carboxylic acids is 1. The van der Waals surface area contributed by atoms with Gasteiger partial charge >= 0.3 is 0 Å². The van der Waals surface area contributed by atoms with E-state index in [9.17, 15) is 4.79 Å². The van der Waals surface area contributed by atoms with Gasteiger partial charge in [-0.25, -0.2) is 0 Å². The van der Waals surface area contributed by atoms with E-state index >= 15 is 0 Å². The van der Waals surface area contributed by atoms with Gasteiger partial charge < -0.3 is 11.1 Å². The molecule has 3 rings (SSSR count). The van der Waals surface area contributed by atoms with E-state index in [1.54, 1.807) is 11.3 Å². The van der Waals surface area contributed by atoms with Crippen LogP contribution in [0.3, 0.4) is 0 Å². The molecule has 1 aromatic heterocycles. The third kappa shape index (κ3) is 2.69. The zero-order valence-electron chi connectivity index (χ0n) is 11.0. The number of amides is 1. The van der Waals surface area contributed by atoms with Gasteiger partial charge in [-0.3, -0.25) is 4.79 Å². The highest BCUT2D eigenvalue weighted by Crippen LogP contribution is 2.33. The van der Waals surface area contributed by atoms with Gasteiger partial charge in [0.05, 0.1) is 10.4 Å². The summed E-state index contributed by atoms with van der Waals surface area (Å²) in [5, 5.41) is 3.21. The van der Waals surface area contributed by atoms with Crippen LogP contribution in [0, 0.1) is 0 Å². The fraction of sp³-hybridized carbons (Fsp3) is 0.643. The smallest absolute Gasteiger partial charge is 0.261 e. The van der Waals surface area contributed by atoms with Crippen LogP contribution in [0.15, 0.2) is 6.07 Å². The topological polar surface area (TPSA) is 55.1 Å². The van der Waals surface area contributed by atoms with Crippen molar-refractivity contribution in [2.75, 3.05) is 12.3 Å². The summed E-state index contributed by atoms with van der Waals surface area (Å²) < 4.78 is 0. The SMILES string of the molecule is NCC1(NC(=O)c2cc3c(s2)CCSC3)CCCC1. The summed E-state index contributed by atoms with van der Waals surface area (Å²) >= 11 is 3.62. The van der Waals surface area contributed by atoms with E-state index in [1.165, 1.54) is 29.0 Å². The summed E-state index contributed by atoms with van der Waals surface area (Å²) in [5.74, 6) is 2.32. The maximum Gasteiger partial charge on any atom is 0.261 e. The lowest BCUT2D eigenvalue weighted by molar-refractivity contribution is 0.0907. The highest BCUT2D eigenvalue weighted by Gasteiger charge is 2.34. The zero-order valence-corrected chi connectivity index (χ0v) is 12.7. The lowest BCUT2D eigenvalue weighted by Crippen LogP contribution is -2.51. The monoisotopic (exact) mass is 296 g/mol. The maximum atomic E-state index is 12.4. The van der Waals surface area contributed by atoms with E-state index in [-0.39, 0.29) is 11.4 Å². The summed E-state index contributed by atoms with van der Waals surface area (Å²) in [6, 6.07) is 2.08. The molecule has 1 fully saturated rings. The summed E-state index contributed by atoms with van der Waals surface area (Å²) in [5.41, 5.74) is 7.10. The van der Waals surface area contributed by atoms with E-state index < -0.39 is 0 Å². The highest BCUT2D eigenvalue weighted by molar-refractivity contribution is 7.98. The number of rotatable bonds is 3. The first-order valence-electron chi connectivity index (χ1n) is 6.94. The first-order valence-corrected chi connectivity index (χ1v) is 8.91. The Balaban J connectivity index is 1.74. The van der Waals surface area contributed by atoms with Gasteiger partial charge in [-0.15, -0.1) is 11.3 Å². The molecule has 1 aromatic rings. The summed E-state index contributed by atoms with van der Waals surface area (Å²) in [6.45, 7) is 0.555. The van der Waals surface area contributed by atoms with Crippen LogP contribution in [0.5, 0.6) is 0 Å². The minimum Gasteiger partial charge on any atom is -0.345 e. The van der Waals surface area contributed by atoms with E-state index in [4.69, 9.17) is 5.73 Å². The second kappa shape index (κ2) is 5.46. The molecule has 2 aliphatic rings. The quantitative estimate of drug-likeness (QED) is 0.901. The van der Waals surface area contributed by atoms with Crippen LogP contribution < -0.4 is 11.1 Å². The molecule has 1 aliphatic carbocycles. The lowest BCUT2D eigenvalue weighted by atomic mass is 9.98. The molecule has 19 heavy (non-hydrogen) atoms. The number of carbonyl (C=O) groups is 1. The van der Waals surface area contributed by atoms with Crippen molar-refractivity contribution in [2.45, 2.75) is 43.4 Å². The van der Waals surface area contributed by atoms with Gasteiger partial charge in [0.2, 0.25) is 0 Å². The molecule has 3 N–H and O–H groups in total. The molecule has 0 saturated heterocycles. The van der Waals surface area contributed by atoms with Crippen LogP contribution in [0.1, 0.15) is 45.8 Å². The molecular formula is C14H20N2OS2. The second-order valence-corrected chi connectivity index (χ2v) is 7.75. The third-order valence-electron chi connectivity index (χ3n) is 4.18. The molecule has 0 spiro atoms. The van der Waals surface area contributed by atoms with Gasteiger partial charge in [0.15, 0.2) is 0 Å². The Kier molecular flexibility index (Phi) is 3.87. The Hall–Kier alpha value is -0.520. The lowest BCUT2D eigenvalue weighted by Gasteiger charge is -2.28. The van der Waals surface area contributed by atoms with Crippen molar-refractivity contribution >= 4 is 29.0 Å². The van der Waals surface area contributed by atoms with E-state index in [0.717, 1.165) is 29.9 Å². The summed E-state index contributed by atoms with van der Waals surface area (Å²) in [6.07, 6.45) is 5.51. The average molecular weight is 296 g/mol. The van der Waals surface area contributed by atoms with Gasteiger partial charge in [-0.2, -0.15) is 11.8 Å². The van der Waals surface area contributed by atoms with Crippen molar-refractivity contribution < 1.29 is 4.79 Å². The largest absolute Gasteiger partial charge is 0.345 e. The van der Waals surface area contributed by atoms with Crippen LogP contribution >= 0.6 is 23.1 Å². The fourth-order valence-electron chi connectivity index (χ4n) is 2.99. The van der Waals surface area contributed by atoms with Crippen molar-refractivity contribution in [1.29, 1.82) is 0 Å². The van der Waals surface area contributed by atoms with Crippen LogP contribution in [0.25, 0.3) is 0 Å². The van der Waals surface area contributed by atoms with Crippen LogP contribution in [0.4, 0.5) is 0 Å². The molecule has 0 aromatic carbocycles. The average Bonchev–Trinajstić information content (AvgIpc) is 3.05. The van der Waals surface area contributed by atoms with Gasteiger partial charge in [-0.1, -0.05) is 12.8 Å². The molecule has 104 valence electrons. The number of hydrogen-bond donors (Lipinski definition) is 2. The molecule has 5 heteroatoms. The predicted molar refractivity (Wildman–Crippen MR) is 81.9 cm³/mol. The number of fused-ring (bicyclic) bond motifs is 1. The fourth-order valence-corrected chi connectivity index (χ4v) is 5.26. The summed E-state index contributed by atoms with van der Waals surface area (Å²) in [4.78, 5) is 14.7. The van der Waals surface area contributed by atoms with Crippen molar-refractivity contribution in [1.82, 2.24) is 5.32 Å². The van der Waals surface area contributed by atoms with Crippen molar-refractivity contribution in [3.8, 4) is 0 Å². The number of thiophene rings is 1. The zero-order chi connectivity index (χ0) is 13.3. The van der Waals surface area contributed by atoms with Gasteiger partial charge in [0.25, 0.3) is 5.91 Å². The van der Waals surface area contributed by atoms with Crippen molar-refractivity contribution in [3.63, 3.8) is 0 Å². The van der Waals surface area contributed by atoms with Crippen LogP contribution in [-0.2, 0) is 12.2 Å².